The lowest BCUT2D eigenvalue weighted by molar-refractivity contribution is -0.128. The first-order valence-electron chi connectivity index (χ1n) is 10.7. The number of nitrogens with one attached hydrogen (secondary N) is 1. The van der Waals surface area contributed by atoms with Crippen molar-refractivity contribution in [2.75, 3.05) is 18.0 Å². The van der Waals surface area contributed by atoms with Crippen molar-refractivity contribution in [2.24, 2.45) is 5.16 Å². The topological polar surface area (TPSA) is 83.9 Å². The minimum absolute atomic E-state index is 0.0322. The Morgan fingerprint density at radius 2 is 2.03 bits per heavy atom. The SMILES string of the molecule is Cc1cc(C(=O)N(c2ncccc2C)[C@@H]2CCCNC2)ccc1C1=NOC(C)(C)C1=O. The van der Waals surface area contributed by atoms with Crippen LogP contribution in [0.1, 0.15) is 53.7 Å². The molecule has 3 heterocycles. The van der Waals surface area contributed by atoms with Crippen LogP contribution in [0.15, 0.2) is 41.7 Å². The minimum Gasteiger partial charge on any atom is -0.381 e. The van der Waals surface area contributed by atoms with Crippen LogP contribution in [-0.4, -0.2) is 47.1 Å². The van der Waals surface area contributed by atoms with E-state index in [4.69, 9.17) is 4.84 Å². The van der Waals surface area contributed by atoms with Gasteiger partial charge in [-0.2, -0.15) is 0 Å². The standard InChI is InChI=1S/C24H28N4O3/c1-15-7-5-12-26-22(15)28(18-8-6-11-25-14-18)23(30)17-9-10-19(16(2)13-17)20-21(29)24(3,4)31-27-20/h5,7,9-10,12-13,18,25H,6,8,11,14H2,1-4H3/t18-/m1/s1. The maximum Gasteiger partial charge on any atom is 0.259 e. The summed E-state index contributed by atoms with van der Waals surface area (Å²) in [6.07, 6.45) is 3.65. The van der Waals surface area contributed by atoms with Crippen LogP contribution in [0.25, 0.3) is 0 Å². The molecule has 1 amide bonds. The summed E-state index contributed by atoms with van der Waals surface area (Å²) in [6.45, 7) is 8.94. The third-order valence-electron chi connectivity index (χ3n) is 5.92. The van der Waals surface area contributed by atoms with Crippen LogP contribution < -0.4 is 10.2 Å². The number of oxime groups is 1. The Morgan fingerprint density at radius 1 is 1.23 bits per heavy atom. The molecular weight excluding hydrogens is 392 g/mol. The van der Waals surface area contributed by atoms with E-state index in [1.807, 2.05) is 36.9 Å². The van der Waals surface area contributed by atoms with Crippen molar-refractivity contribution in [1.29, 1.82) is 0 Å². The van der Waals surface area contributed by atoms with Crippen LogP contribution in [0.2, 0.25) is 0 Å². The van der Waals surface area contributed by atoms with Gasteiger partial charge in [0.1, 0.15) is 5.82 Å². The summed E-state index contributed by atoms with van der Waals surface area (Å²) in [5, 5.41) is 7.39. The zero-order valence-corrected chi connectivity index (χ0v) is 18.4. The highest BCUT2D eigenvalue weighted by molar-refractivity contribution is 6.49. The van der Waals surface area contributed by atoms with Crippen molar-refractivity contribution >= 4 is 23.2 Å². The number of benzene rings is 1. The molecule has 1 atom stereocenters. The number of carbonyl (C=O) groups is 2. The van der Waals surface area contributed by atoms with Crippen molar-refractivity contribution in [3.05, 3.63) is 58.8 Å². The molecule has 1 N–H and O–H groups in total. The summed E-state index contributed by atoms with van der Waals surface area (Å²) in [5.74, 6) is 0.434. The van der Waals surface area contributed by atoms with E-state index in [-0.39, 0.29) is 17.7 Å². The van der Waals surface area contributed by atoms with Gasteiger partial charge in [0, 0.05) is 23.9 Å². The van der Waals surface area contributed by atoms with E-state index in [1.54, 1.807) is 32.2 Å². The Balaban J connectivity index is 1.68. The second kappa shape index (κ2) is 8.23. The molecule has 2 aliphatic heterocycles. The fraction of sp³-hybridized carbons (Fsp3) is 0.417. The third kappa shape index (κ3) is 3.97. The quantitative estimate of drug-likeness (QED) is 0.821. The molecule has 2 aliphatic rings. The Labute approximate surface area is 182 Å². The summed E-state index contributed by atoms with van der Waals surface area (Å²) in [6, 6.07) is 9.24. The van der Waals surface area contributed by atoms with Gasteiger partial charge in [-0.15, -0.1) is 0 Å². The number of rotatable bonds is 4. The number of Topliss-reactive ketones (excluding diaryl/α,β-unsaturated/α-hetero) is 1. The molecule has 0 bridgehead atoms. The fourth-order valence-electron chi connectivity index (χ4n) is 4.12. The smallest absolute Gasteiger partial charge is 0.259 e. The number of piperidine rings is 1. The number of hydrogen-bond donors (Lipinski definition) is 1. The largest absolute Gasteiger partial charge is 0.381 e. The summed E-state index contributed by atoms with van der Waals surface area (Å²) in [5.41, 5.74) is 2.35. The molecule has 0 unspecified atom stereocenters. The number of carbonyl (C=O) groups excluding carboxylic acids is 2. The molecule has 162 valence electrons. The lowest BCUT2D eigenvalue weighted by atomic mass is 9.92. The molecular formula is C24H28N4O3. The molecule has 0 spiro atoms. The van der Waals surface area contributed by atoms with Crippen molar-refractivity contribution in [3.63, 3.8) is 0 Å². The predicted molar refractivity (Wildman–Crippen MR) is 120 cm³/mol. The first kappa shape index (κ1) is 21.2. The van der Waals surface area contributed by atoms with Crippen LogP contribution in [0.4, 0.5) is 5.82 Å². The highest BCUT2D eigenvalue weighted by Gasteiger charge is 2.40. The molecule has 7 nitrogen and oxygen atoms in total. The van der Waals surface area contributed by atoms with Gasteiger partial charge in [0.2, 0.25) is 5.78 Å². The lowest BCUT2D eigenvalue weighted by Crippen LogP contribution is -2.49. The van der Waals surface area contributed by atoms with Gasteiger partial charge in [0.05, 0.1) is 6.04 Å². The third-order valence-corrected chi connectivity index (χ3v) is 5.92. The van der Waals surface area contributed by atoms with Gasteiger partial charge in [-0.1, -0.05) is 17.3 Å². The zero-order valence-electron chi connectivity index (χ0n) is 18.4. The van der Waals surface area contributed by atoms with E-state index in [2.05, 4.69) is 15.5 Å². The molecule has 2 aromatic rings. The number of amides is 1. The molecule has 1 saturated heterocycles. The summed E-state index contributed by atoms with van der Waals surface area (Å²) >= 11 is 0. The minimum atomic E-state index is -0.961. The zero-order chi connectivity index (χ0) is 22.2. The van der Waals surface area contributed by atoms with Crippen molar-refractivity contribution in [3.8, 4) is 0 Å². The number of nitrogens with zero attached hydrogens (tertiary/aromatic N) is 3. The summed E-state index contributed by atoms with van der Waals surface area (Å²) < 4.78 is 0. The molecule has 31 heavy (non-hydrogen) atoms. The average Bonchev–Trinajstić information content (AvgIpc) is 3.03. The number of pyridine rings is 1. The van der Waals surface area contributed by atoms with E-state index in [0.717, 1.165) is 37.1 Å². The second-order valence-electron chi connectivity index (χ2n) is 8.72. The van der Waals surface area contributed by atoms with Crippen LogP contribution >= 0.6 is 0 Å². The molecule has 7 heteroatoms. The lowest BCUT2D eigenvalue weighted by Gasteiger charge is -2.35. The van der Waals surface area contributed by atoms with E-state index in [9.17, 15) is 9.59 Å². The molecule has 4 rings (SSSR count). The second-order valence-corrected chi connectivity index (χ2v) is 8.72. The molecule has 1 aromatic carbocycles. The Morgan fingerprint density at radius 3 is 2.65 bits per heavy atom. The van der Waals surface area contributed by atoms with Gasteiger partial charge in [-0.25, -0.2) is 4.98 Å². The van der Waals surface area contributed by atoms with Crippen LogP contribution in [-0.2, 0) is 9.63 Å². The fourth-order valence-corrected chi connectivity index (χ4v) is 4.12. The van der Waals surface area contributed by atoms with Crippen molar-refractivity contribution in [2.45, 2.75) is 52.2 Å². The number of aryl methyl sites for hydroxylation is 2. The van der Waals surface area contributed by atoms with Crippen LogP contribution in [0.3, 0.4) is 0 Å². The monoisotopic (exact) mass is 420 g/mol. The van der Waals surface area contributed by atoms with Gasteiger partial charge in [-0.3, -0.25) is 14.5 Å². The average molecular weight is 421 g/mol. The van der Waals surface area contributed by atoms with Crippen molar-refractivity contribution in [1.82, 2.24) is 10.3 Å². The highest BCUT2D eigenvalue weighted by Crippen LogP contribution is 2.27. The first-order valence-corrected chi connectivity index (χ1v) is 10.7. The Kier molecular flexibility index (Phi) is 5.62. The first-order chi connectivity index (χ1) is 14.8. The Bertz CT molecular complexity index is 1050. The van der Waals surface area contributed by atoms with Gasteiger partial charge in [0.25, 0.3) is 5.91 Å². The molecule has 1 aromatic heterocycles. The predicted octanol–water partition coefficient (Wildman–Crippen LogP) is 3.18. The number of aromatic nitrogens is 1. The van der Waals surface area contributed by atoms with Crippen LogP contribution in [0.5, 0.6) is 0 Å². The maximum atomic E-state index is 13.7. The molecule has 0 saturated carbocycles. The van der Waals surface area contributed by atoms with Gasteiger partial charge >= 0.3 is 0 Å². The number of hydrogen-bond acceptors (Lipinski definition) is 6. The maximum absolute atomic E-state index is 13.7. The van der Waals surface area contributed by atoms with E-state index in [1.165, 1.54) is 0 Å². The highest BCUT2D eigenvalue weighted by atomic mass is 16.7. The van der Waals surface area contributed by atoms with E-state index < -0.39 is 5.60 Å². The molecule has 0 radical (unpaired) electrons. The van der Waals surface area contributed by atoms with Gasteiger partial charge in [-0.05, 0) is 76.4 Å². The number of ketones is 1. The van der Waals surface area contributed by atoms with Crippen LogP contribution in [0, 0.1) is 13.8 Å². The summed E-state index contributed by atoms with van der Waals surface area (Å²) in [4.78, 5) is 37.9. The summed E-state index contributed by atoms with van der Waals surface area (Å²) in [7, 11) is 0. The normalized spacial score (nSPS) is 20.2. The molecule has 1 fully saturated rings. The van der Waals surface area contributed by atoms with Gasteiger partial charge in [0.15, 0.2) is 11.3 Å². The van der Waals surface area contributed by atoms with Gasteiger partial charge < -0.3 is 10.2 Å². The number of anilines is 1. The van der Waals surface area contributed by atoms with Crippen molar-refractivity contribution < 1.29 is 14.4 Å². The van der Waals surface area contributed by atoms with E-state index in [0.29, 0.717) is 22.7 Å². The molecule has 0 aliphatic carbocycles. The van der Waals surface area contributed by atoms with E-state index >= 15 is 0 Å². The Hall–Kier alpha value is -3.06.